The molecule has 3 rings (SSSR count). The van der Waals surface area contributed by atoms with E-state index < -0.39 is 6.04 Å². The van der Waals surface area contributed by atoms with E-state index in [2.05, 4.69) is 10.3 Å². The number of H-pyrrole nitrogens is 1. The summed E-state index contributed by atoms with van der Waals surface area (Å²) in [4.78, 5) is 27.7. The van der Waals surface area contributed by atoms with Gasteiger partial charge in [0.05, 0.1) is 22.6 Å². The molecule has 0 saturated carbocycles. The van der Waals surface area contributed by atoms with E-state index in [0.29, 0.717) is 22.0 Å². The van der Waals surface area contributed by atoms with Crippen molar-refractivity contribution in [2.45, 2.75) is 13.0 Å². The fourth-order valence-electron chi connectivity index (χ4n) is 2.32. The van der Waals surface area contributed by atoms with Gasteiger partial charge in [-0.2, -0.15) is 0 Å². The van der Waals surface area contributed by atoms with Crippen LogP contribution in [0.4, 0.5) is 5.69 Å². The highest BCUT2D eigenvalue weighted by molar-refractivity contribution is 6.05. The molecule has 1 heterocycles. The number of benzene rings is 2. The molecule has 0 spiro atoms. The Morgan fingerprint density at radius 3 is 2.62 bits per heavy atom. The largest absolute Gasteiger partial charge is 0.354 e. The number of nitrogens with two attached hydrogens (primary N) is 1. The van der Waals surface area contributed by atoms with Gasteiger partial charge >= 0.3 is 0 Å². The summed E-state index contributed by atoms with van der Waals surface area (Å²) in [6, 6.07) is 11.9. The Bertz CT molecular complexity index is 897. The van der Waals surface area contributed by atoms with Crippen LogP contribution in [0.2, 0.25) is 0 Å². The predicted molar refractivity (Wildman–Crippen MR) is 84.4 cm³/mol. The van der Waals surface area contributed by atoms with Crippen LogP contribution in [0.15, 0.2) is 47.3 Å². The van der Waals surface area contributed by atoms with E-state index in [4.69, 9.17) is 5.73 Å². The Hall–Kier alpha value is -2.66. The molecule has 0 aliphatic carbocycles. The van der Waals surface area contributed by atoms with Gasteiger partial charge in [-0.05, 0) is 31.2 Å². The van der Waals surface area contributed by atoms with Gasteiger partial charge in [0.2, 0.25) is 5.91 Å². The Labute approximate surface area is 120 Å². The summed E-state index contributed by atoms with van der Waals surface area (Å²) in [7, 11) is 0. The van der Waals surface area contributed by atoms with Crippen molar-refractivity contribution in [2.75, 3.05) is 5.32 Å². The molecule has 0 bridgehead atoms. The minimum absolute atomic E-state index is 0.111. The van der Waals surface area contributed by atoms with Crippen LogP contribution in [0.25, 0.3) is 21.8 Å². The molecule has 1 unspecified atom stereocenters. The number of hydrogen-bond donors (Lipinski definition) is 3. The van der Waals surface area contributed by atoms with Crippen molar-refractivity contribution in [3.63, 3.8) is 0 Å². The molecule has 2 aromatic carbocycles. The van der Waals surface area contributed by atoms with Gasteiger partial charge in [-0.25, -0.2) is 0 Å². The lowest BCUT2D eigenvalue weighted by atomic mass is 10.1. The van der Waals surface area contributed by atoms with Crippen molar-refractivity contribution in [3.8, 4) is 0 Å². The minimum Gasteiger partial charge on any atom is -0.354 e. The van der Waals surface area contributed by atoms with E-state index in [1.54, 1.807) is 25.1 Å². The summed E-state index contributed by atoms with van der Waals surface area (Å²) < 4.78 is 0. The second-order valence-electron chi connectivity index (χ2n) is 5.01. The molecule has 1 amide bonds. The highest BCUT2D eigenvalue weighted by atomic mass is 16.2. The maximum atomic E-state index is 12.7. The van der Waals surface area contributed by atoms with Crippen molar-refractivity contribution in [2.24, 2.45) is 5.73 Å². The molecule has 0 saturated heterocycles. The van der Waals surface area contributed by atoms with Crippen LogP contribution in [0, 0.1) is 0 Å². The molecule has 1 atom stereocenters. The smallest absolute Gasteiger partial charge is 0.241 e. The normalized spacial score (nSPS) is 12.5. The topological polar surface area (TPSA) is 88.0 Å². The van der Waals surface area contributed by atoms with Gasteiger partial charge in [-0.3, -0.25) is 9.59 Å². The van der Waals surface area contributed by atoms with Crippen LogP contribution in [-0.2, 0) is 4.79 Å². The Kier molecular flexibility index (Phi) is 3.19. The standard InChI is InChI=1S/C16H15N3O2/c1-9(17)16(21)19-13-8-4-7-12-14(13)15(20)10-5-2-3-6-11(10)18-12/h2-9H,17H2,1H3,(H,18,20)(H,19,21). The number of rotatable bonds is 2. The van der Waals surface area contributed by atoms with E-state index in [9.17, 15) is 9.59 Å². The minimum atomic E-state index is -0.639. The number of fused-ring (bicyclic) bond motifs is 2. The number of carbonyl (C=O) groups is 1. The summed E-state index contributed by atoms with van der Waals surface area (Å²) in [6.07, 6.45) is 0. The Morgan fingerprint density at radius 1 is 1.14 bits per heavy atom. The summed E-state index contributed by atoms with van der Waals surface area (Å²) in [5.74, 6) is -0.324. The number of carbonyl (C=O) groups excluding carboxylic acids is 1. The van der Waals surface area contributed by atoms with Crippen LogP contribution in [0.1, 0.15) is 6.92 Å². The predicted octanol–water partition coefficient (Wildman–Crippen LogP) is 1.97. The number of anilines is 1. The third-order valence-corrected chi connectivity index (χ3v) is 3.40. The first-order valence-corrected chi connectivity index (χ1v) is 6.68. The molecule has 5 heteroatoms. The van der Waals surface area contributed by atoms with Gasteiger partial charge in [-0.1, -0.05) is 18.2 Å². The molecule has 0 radical (unpaired) electrons. The zero-order valence-corrected chi connectivity index (χ0v) is 11.5. The first kappa shape index (κ1) is 13.3. The molecule has 0 aliphatic heterocycles. The van der Waals surface area contributed by atoms with Gasteiger partial charge in [-0.15, -0.1) is 0 Å². The zero-order valence-electron chi connectivity index (χ0n) is 11.5. The Balaban J connectivity index is 2.29. The van der Waals surface area contributed by atoms with Gasteiger partial charge in [0.25, 0.3) is 0 Å². The molecule has 5 nitrogen and oxygen atoms in total. The molecule has 0 fully saturated rings. The number of aromatic nitrogens is 1. The van der Waals surface area contributed by atoms with Gasteiger partial charge in [0.15, 0.2) is 5.43 Å². The van der Waals surface area contributed by atoms with Crippen molar-refractivity contribution >= 4 is 33.4 Å². The molecule has 21 heavy (non-hydrogen) atoms. The van der Waals surface area contributed by atoms with E-state index in [1.165, 1.54) is 0 Å². The van der Waals surface area contributed by atoms with Crippen LogP contribution in [0.5, 0.6) is 0 Å². The lowest BCUT2D eigenvalue weighted by molar-refractivity contribution is -0.117. The van der Waals surface area contributed by atoms with Crippen LogP contribution in [0.3, 0.4) is 0 Å². The fraction of sp³-hybridized carbons (Fsp3) is 0.125. The second kappa shape index (κ2) is 5.03. The SMILES string of the molecule is CC(N)C(=O)Nc1cccc2[nH]c3ccccc3c(=O)c12. The zero-order chi connectivity index (χ0) is 15.0. The maximum Gasteiger partial charge on any atom is 0.241 e. The second-order valence-corrected chi connectivity index (χ2v) is 5.01. The first-order chi connectivity index (χ1) is 10.1. The van der Waals surface area contributed by atoms with Crippen molar-refractivity contribution < 1.29 is 4.79 Å². The average Bonchev–Trinajstić information content (AvgIpc) is 2.47. The van der Waals surface area contributed by atoms with E-state index in [1.807, 2.05) is 24.3 Å². The third kappa shape index (κ3) is 2.28. The van der Waals surface area contributed by atoms with Gasteiger partial charge in [0.1, 0.15) is 0 Å². The van der Waals surface area contributed by atoms with Crippen LogP contribution >= 0.6 is 0 Å². The molecular formula is C16H15N3O2. The molecule has 3 aromatic rings. The highest BCUT2D eigenvalue weighted by Crippen LogP contribution is 2.21. The monoisotopic (exact) mass is 281 g/mol. The number of aromatic amines is 1. The fourth-order valence-corrected chi connectivity index (χ4v) is 2.32. The number of pyridine rings is 1. The number of amides is 1. The van der Waals surface area contributed by atoms with Crippen molar-refractivity contribution in [1.82, 2.24) is 4.98 Å². The van der Waals surface area contributed by atoms with Crippen LogP contribution < -0.4 is 16.5 Å². The maximum absolute atomic E-state index is 12.7. The third-order valence-electron chi connectivity index (χ3n) is 3.40. The number of hydrogen-bond acceptors (Lipinski definition) is 3. The van der Waals surface area contributed by atoms with E-state index >= 15 is 0 Å². The summed E-state index contributed by atoms with van der Waals surface area (Å²) in [5.41, 5.74) is 7.37. The highest BCUT2D eigenvalue weighted by Gasteiger charge is 2.13. The van der Waals surface area contributed by atoms with Gasteiger partial charge < -0.3 is 16.0 Å². The Morgan fingerprint density at radius 2 is 1.86 bits per heavy atom. The molecular weight excluding hydrogens is 266 g/mol. The van der Waals surface area contributed by atoms with E-state index in [-0.39, 0.29) is 11.3 Å². The lowest BCUT2D eigenvalue weighted by Crippen LogP contribution is -2.32. The molecule has 1 aromatic heterocycles. The average molecular weight is 281 g/mol. The van der Waals surface area contributed by atoms with E-state index in [0.717, 1.165) is 5.52 Å². The molecule has 106 valence electrons. The first-order valence-electron chi connectivity index (χ1n) is 6.68. The quantitative estimate of drug-likeness (QED) is 0.627. The van der Waals surface area contributed by atoms with Crippen LogP contribution in [-0.4, -0.2) is 16.9 Å². The number of para-hydroxylation sites is 1. The van der Waals surface area contributed by atoms with Gasteiger partial charge in [0, 0.05) is 10.9 Å². The summed E-state index contributed by atoms with van der Waals surface area (Å²) in [6.45, 7) is 1.60. The summed E-state index contributed by atoms with van der Waals surface area (Å²) >= 11 is 0. The summed E-state index contributed by atoms with van der Waals surface area (Å²) in [5, 5.41) is 3.76. The molecule has 0 aliphatic rings. The van der Waals surface area contributed by atoms with Crippen molar-refractivity contribution in [3.05, 3.63) is 52.7 Å². The van der Waals surface area contributed by atoms with Crippen molar-refractivity contribution in [1.29, 1.82) is 0 Å². The lowest BCUT2D eigenvalue weighted by Gasteiger charge is -2.11. The number of nitrogens with one attached hydrogen (secondary N) is 2. The molecule has 4 N–H and O–H groups in total.